The van der Waals surface area contributed by atoms with Crippen molar-refractivity contribution in [2.24, 2.45) is 39.4 Å². The minimum Gasteiger partial charge on any atom is -0.462 e. The van der Waals surface area contributed by atoms with Gasteiger partial charge < -0.3 is 19.3 Å². The molecule has 1 spiro atoms. The van der Waals surface area contributed by atoms with Gasteiger partial charge in [-0.2, -0.15) is 0 Å². The number of ketones is 1. The predicted octanol–water partition coefficient (Wildman–Crippen LogP) is 5.97. The zero-order valence-corrected chi connectivity index (χ0v) is 25.2. The molecule has 0 aromatic rings. The van der Waals surface area contributed by atoms with Crippen LogP contribution in [0.1, 0.15) is 120 Å². The van der Waals surface area contributed by atoms with E-state index >= 15 is 0 Å². The molecule has 2 heterocycles. The SMILES string of the molecule is CC(=O)O[C@@H]1C[C@@H]2[C@@]3(C)CCC(=O)C(C)(C)[C@@H]3CC[C@@]2(C)[C@]2(C)CC[C@@]3(O[C@@]4(C(C)(C)O)CC[C@]3(C)O4)[C@@H]12. The monoisotopic (exact) mass is 530 g/mol. The van der Waals surface area contributed by atoms with Gasteiger partial charge in [0.15, 0.2) is 5.79 Å². The molecule has 38 heavy (non-hydrogen) atoms. The summed E-state index contributed by atoms with van der Waals surface area (Å²) in [5, 5.41) is 11.2. The number of aliphatic hydroxyl groups is 1. The van der Waals surface area contributed by atoms with Gasteiger partial charge in [-0.25, -0.2) is 0 Å². The van der Waals surface area contributed by atoms with Crippen molar-refractivity contribution in [3.8, 4) is 0 Å². The Bertz CT molecular complexity index is 1080. The average molecular weight is 531 g/mol. The van der Waals surface area contributed by atoms with E-state index in [9.17, 15) is 14.7 Å². The van der Waals surface area contributed by atoms with Crippen molar-refractivity contribution in [2.45, 2.75) is 149 Å². The zero-order valence-electron chi connectivity index (χ0n) is 25.2. The highest BCUT2D eigenvalue weighted by molar-refractivity contribution is 5.85. The van der Waals surface area contributed by atoms with Crippen molar-refractivity contribution in [3.05, 3.63) is 0 Å². The second kappa shape index (κ2) is 7.45. The van der Waals surface area contributed by atoms with Crippen LogP contribution in [0.25, 0.3) is 0 Å². The second-order valence-electron chi connectivity index (χ2n) is 16.1. The van der Waals surface area contributed by atoms with Gasteiger partial charge in [-0.1, -0.05) is 34.6 Å². The summed E-state index contributed by atoms with van der Waals surface area (Å²) in [5.74, 6) is -0.224. The Kier molecular flexibility index (Phi) is 5.33. The molecule has 2 aliphatic heterocycles. The van der Waals surface area contributed by atoms with E-state index in [2.05, 4.69) is 41.5 Å². The van der Waals surface area contributed by atoms with E-state index < -0.39 is 22.6 Å². The van der Waals surface area contributed by atoms with Crippen molar-refractivity contribution < 1.29 is 28.9 Å². The van der Waals surface area contributed by atoms with Gasteiger partial charge in [-0.3, -0.25) is 9.59 Å². The number of carbonyl (C=O) groups is 2. The molecule has 6 heteroatoms. The van der Waals surface area contributed by atoms with E-state index in [-0.39, 0.29) is 39.7 Å². The number of ether oxygens (including phenoxy) is 3. The highest BCUT2D eigenvalue weighted by Gasteiger charge is 2.82. The molecule has 6 rings (SSSR count). The summed E-state index contributed by atoms with van der Waals surface area (Å²) in [7, 11) is 0. The lowest BCUT2D eigenvalue weighted by molar-refractivity contribution is -0.294. The molecule has 0 unspecified atom stereocenters. The molecule has 10 atom stereocenters. The van der Waals surface area contributed by atoms with Gasteiger partial charge in [0.1, 0.15) is 23.1 Å². The van der Waals surface area contributed by atoms with Crippen LogP contribution in [0.5, 0.6) is 0 Å². The van der Waals surface area contributed by atoms with Crippen molar-refractivity contribution >= 4 is 11.8 Å². The highest BCUT2D eigenvalue weighted by Crippen LogP contribution is 2.79. The van der Waals surface area contributed by atoms with Crippen molar-refractivity contribution in [2.75, 3.05) is 0 Å². The molecule has 2 saturated heterocycles. The molecular formula is C32H50O6. The van der Waals surface area contributed by atoms with Gasteiger partial charge >= 0.3 is 5.97 Å². The smallest absolute Gasteiger partial charge is 0.302 e. The fraction of sp³-hybridized carbons (Fsp3) is 0.938. The third kappa shape index (κ3) is 2.91. The molecule has 0 aromatic carbocycles. The molecule has 4 aliphatic carbocycles. The van der Waals surface area contributed by atoms with Crippen molar-refractivity contribution in [1.82, 2.24) is 0 Å². The summed E-state index contributed by atoms with van der Waals surface area (Å²) in [4.78, 5) is 25.7. The van der Waals surface area contributed by atoms with Gasteiger partial charge in [0.25, 0.3) is 0 Å². The average Bonchev–Trinajstić information content (AvgIpc) is 3.39. The second-order valence-corrected chi connectivity index (χ2v) is 16.1. The Morgan fingerprint density at radius 1 is 0.921 bits per heavy atom. The molecule has 0 radical (unpaired) electrons. The lowest BCUT2D eigenvalue weighted by atomic mass is 9.35. The molecule has 4 saturated carbocycles. The summed E-state index contributed by atoms with van der Waals surface area (Å²) < 4.78 is 20.2. The number of hydrogen-bond acceptors (Lipinski definition) is 6. The maximum Gasteiger partial charge on any atom is 0.302 e. The van der Waals surface area contributed by atoms with Crippen LogP contribution in [-0.2, 0) is 23.8 Å². The molecule has 0 aromatic heterocycles. The van der Waals surface area contributed by atoms with Crippen LogP contribution in [0.2, 0.25) is 0 Å². The van der Waals surface area contributed by atoms with Gasteiger partial charge in [0.2, 0.25) is 0 Å². The van der Waals surface area contributed by atoms with Crippen LogP contribution in [-0.4, -0.2) is 45.6 Å². The van der Waals surface area contributed by atoms with Crippen molar-refractivity contribution in [1.29, 1.82) is 0 Å². The molecular weight excluding hydrogens is 480 g/mol. The first-order valence-corrected chi connectivity index (χ1v) is 15.2. The zero-order chi connectivity index (χ0) is 27.9. The summed E-state index contributed by atoms with van der Waals surface area (Å²) in [6.07, 6.45) is 7.50. The highest BCUT2D eigenvalue weighted by atomic mass is 16.8. The minimum atomic E-state index is -1.14. The van der Waals surface area contributed by atoms with Crippen LogP contribution in [0, 0.1) is 39.4 Å². The maximum absolute atomic E-state index is 13.1. The Morgan fingerprint density at radius 2 is 1.61 bits per heavy atom. The van der Waals surface area contributed by atoms with E-state index in [1.807, 2.05) is 0 Å². The quantitative estimate of drug-likeness (QED) is 0.443. The van der Waals surface area contributed by atoms with Crippen LogP contribution in [0.15, 0.2) is 0 Å². The van der Waals surface area contributed by atoms with E-state index in [4.69, 9.17) is 14.2 Å². The van der Waals surface area contributed by atoms with Gasteiger partial charge in [0.05, 0.1) is 5.60 Å². The fourth-order valence-corrected chi connectivity index (χ4v) is 11.8. The molecule has 6 nitrogen and oxygen atoms in total. The predicted molar refractivity (Wildman–Crippen MR) is 143 cm³/mol. The Hall–Kier alpha value is -0.980. The lowest BCUT2D eigenvalue weighted by Gasteiger charge is -2.70. The number of carbonyl (C=O) groups excluding carboxylic acids is 2. The van der Waals surface area contributed by atoms with Crippen LogP contribution >= 0.6 is 0 Å². The lowest BCUT2D eigenvalue weighted by Crippen LogP contribution is -2.69. The first-order chi connectivity index (χ1) is 17.3. The molecule has 1 N–H and O–H groups in total. The standard InChI is InChI=1S/C32H50O6/c1-19(33)36-20-18-22-27(6)12-11-23(34)25(2,3)21(27)10-13-28(22,7)29(8)14-16-31(24(20)29)30(9)15-17-32(37-30,38-31)26(4,5)35/h20-22,24,35H,10-18H2,1-9H3/t20-,21+,22-,24+,27+,28-,29-,30+,31-,32-/m1/s1. The third-order valence-electron chi connectivity index (χ3n) is 14.0. The first kappa shape index (κ1) is 27.2. The first-order valence-electron chi connectivity index (χ1n) is 15.2. The largest absolute Gasteiger partial charge is 0.462 e. The Balaban J connectivity index is 1.48. The number of rotatable bonds is 2. The Morgan fingerprint density at radius 3 is 2.21 bits per heavy atom. The van der Waals surface area contributed by atoms with E-state index in [1.165, 1.54) is 6.92 Å². The van der Waals surface area contributed by atoms with Crippen molar-refractivity contribution in [3.63, 3.8) is 0 Å². The Labute approximate surface area is 228 Å². The summed E-state index contributed by atoms with van der Waals surface area (Å²) in [6, 6.07) is 0. The van der Waals surface area contributed by atoms with E-state index in [0.717, 1.165) is 44.9 Å². The van der Waals surface area contributed by atoms with Crippen LogP contribution in [0.4, 0.5) is 0 Å². The minimum absolute atomic E-state index is 0.0107. The van der Waals surface area contributed by atoms with Gasteiger partial charge in [-0.15, -0.1) is 0 Å². The molecule has 214 valence electrons. The fourth-order valence-electron chi connectivity index (χ4n) is 11.8. The van der Waals surface area contributed by atoms with Crippen LogP contribution in [0.3, 0.4) is 0 Å². The number of Topliss-reactive ketones (excluding diaryl/α,β-unsaturated/α-hetero) is 1. The number of hydrogen-bond donors (Lipinski definition) is 1. The molecule has 0 amide bonds. The topological polar surface area (TPSA) is 82.1 Å². The third-order valence-corrected chi connectivity index (χ3v) is 14.0. The summed E-state index contributed by atoms with van der Waals surface area (Å²) >= 11 is 0. The van der Waals surface area contributed by atoms with Gasteiger partial charge in [-0.05, 0) is 93.8 Å². The molecule has 6 aliphatic rings. The molecule has 2 bridgehead atoms. The molecule has 6 fully saturated rings. The normalized spacial score (nSPS) is 54.9. The maximum atomic E-state index is 13.1. The number of esters is 1. The number of fused-ring (bicyclic) bond motifs is 9. The summed E-state index contributed by atoms with van der Waals surface area (Å²) in [5.41, 5.74) is -2.73. The van der Waals surface area contributed by atoms with E-state index in [1.54, 1.807) is 13.8 Å². The van der Waals surface area contributed by atoms with Gasteiger partial charge in [0, 0.05) is 31.1 Å². The summed E-state index contributed by atoms with van der Waals surface area (Å²) in [6.45, 7) is 19.0. The van der Waals surface area contributed by atoms with Crippen LogP contribution < -0.4 is 0 Å². The van der Waals surface area contributed by atoms with E-state index in [0.29, 0.717) is 30.5 Å².